The van der Waals surface area contributed by atoms with Crippen molar-refractivity contribution >= 4 is 27.6 Å². The number of rotatable bonds is 6. The highest BCUT2D eigenvalue weighted by atomic mass is 79.9. The van der Waals surface area contributed by atoms with E-state index in [4.69, 9.17) is 5.11 Å². The number of nitro benzene ring substituents is 1. The number of nitrogens with zero attached hydrogens (tertiary/aromatic N) is 1. The van der Waals surface area contributed by atoms with Crippen molar-refractivity contribution < 1.29 is 28.3 Å². The van der Waals surface area contributed by atoms with Crippen LogP contribution in [0.3, 0.4) is 0 Å². The Balaban J connectivity index is 3.40. The molecule has 1 aromatic carbocycles. The number of ether oxygens (including phenoxy) is 1. The zero-order valence-corrected chi connectivity index (χ0v) is 10.9. The third-order valence-electron chi connectivity index (χ3n) is 2.24. The monoisotopic (exact) mass is 339 g/mol. The summed E-state index contributed by atoms with van der Waals surface area (Å²) in [4.78, 5) is 20.8. The molecule has 0 aromatic heterocycles. The molecule has 104 valence electrons. The molecule has 0 saturated heterocycles. The number of carbonyl (C=O) groups is 1. The predicted molar refractivity (Wildman–Crippen MR) is 63.7 cm³/mol. The van der Waals surface area contributed by atoms with Gasteiger partial charge in [0.2, 0.25) is 0 Å². The minimum absolute atomic E-state index is 0.00514. The van der Waals surface area contributed by atoms with Crippen LogP contribution in [0.25, 0.3) is 0 Å². The first-order chi connectivity index (χ1) is 8.86. The van der Waals surface area contributed by atoms with E-state index >= 15 is 0 Å². The second-order valence-corrected chi connectivity index (χ2v) is 3.94. The lowest BCUT2D eigenvalue weighted by Gasteiger charge is -2.13. The van der Waals surface area contributed by atoms with Crippen LogP contribution in [0.4, 0.5) is 14.5 Å². The largest absolute Gasteiger partial charge is 0.481 e. The van der Waals surface area contributed by atoms with Gasteiger partial charge in [-0.1, -0.05) is 15.9 Å². The highest BCUT2D eigenvalue weighted by Gasteiger charge is 2.23. The van der Waals surface area contributed by atoms with E-state index in [1.54, 1.807) is 0 Å². The van der Waals surface area contributed by atoms with E-state index in [1.165, 1.54) is 0 Å². The molecule has 19 heavy (non-hydrogen) atoms. The van der Waals surface area contributed by atoms with Crippen LogP contribution in [-0.4, -0.2) is 22.6 Å². The van der Waals surface area contributed by atoms with Gasteiger partial charge >= 0.3 is 12.6 Å². The summed E-state index contributed by atoms with van der Waals surface area (Å²) in [5.41, 5.74) is -0.487. The van der Waals surface area contributed by atoms with Crippen LogP contribution >= 0.6 is 15.9 Å². The molecule has 1 aromatic rings. The second-order valence-electron chi connectivity index (χ2n) is 3.38. The van der Waals surface area contributed by atoms with Crippen LogP contribution in [0.1, 0.15) is 11.1 Å². The molecule has 0 aliphatic rings. The number of aliphatic carboxylic acids is 1. The molecule has 0 unspecified atom stereocenters. The van der Waals surface area contributed by atoms with Crippen molar-refractivity contribution in [1.82, 2.24) is 0 Å². The van der Waals surface area contributed by atoms with E-state index in [-0.39, 0.29) is 27.9 Å². The highest BCUT2D eigenvalue weighted by Crippen LogP contribution is 2.33. The molecule has 0 fully saturated rings. The number of hydrogen-bond donors (Lipinski definition) is 1. The van der Waals surface area contributed by atoms with Gasteiger partial charge < -0.3 is 9.84 Å². The topological polar surface area (TPSA) is 89.7 Å². The van der Waals surface area contributed by atoms with Crippen molar-refractivity contribution in [2.24, 2.45) is 0 Å². The molecule has 0 spiro atoms. The third-order valence-corrected chi connectivity index (χ3v) is 2.80. The number of carboxylic acid groups (broad SMARTS) is 1. The molecular formula is C10H8BrF2NO5. The summed E-state index contributed by atoms with van der Waals surface area (Å²) in [6.07, 6.45) is -0.648. The van der Waals surface area contributed by atoms with Crippen molar-refractivity contribution in [3.63, 3.8) is 0 Å². The fraction of sp³-hybridized carbons (Fsp3) is 0.300. The van der Waals surface area contributed by atoms with Crippen molar-refractivity contribution in [2.45, 2.75) is 18.4 Å². The fourth-order valence-corrected chi connectivity index (χ4v) is 2.16. The number of hydrogen-bond acceptors (Lipinski definition) is 4. The third kappa shape index (κ3) is 3.85. The lowest BCUT2D eigenvalue weighted by Crippen LogP contribution is -2.11. The van der Waals surface area contributed by atoms with E-state index in [0.29, 0.717) is 0 Å². The Hall–Kier alpha value is -1.77. The SMILES string of the molecule is O=C(O)Cc1c(OC(F)F)ccc([N+](=O)[O-])c1CBr. The average Bonchev–Trinajstić information content (AvgIpc) is 2.29. The maximum absolute atomic E-state index is 12.2. The molecule has 0 bridgehead atoms. The summed E-state index contributed by atoms with van der Waals surface area (Å²) < 4.78 is 28.6. The molecule has 0 heterocycles. The molecule has 1 rings (SSSR count). The standard InChI is InChI=1S/C10H8BrF2NO5/c11-4-6-5(3-9(15)16)8(19-10(12)13)2-1-7(6)14(17)18/h1-2,10H,3-4H2,(H,15,16). The second kappa shape index (κ2) is 6.41. The first kappa shape index (κ1) is 15.3. The van der Waals surface area contributed by atoms with Crippen LogP contribution in [-0.2, 0) is 16.5 Å². The van der Waals surface area contributed by atoms with Gasteiger partial charge in [0.1, 0.15) is 5.75 Å². The zero-order chi connectivity index (χ0) is 14.6. The fourth-order valence-electron chi connectivity index (χ4n) is 1.53. The summed E-state index contributed by atoms with van der Waals surface area (Å²) in [7, 11) is 0. The van der Waals surface area contributed by atoms with Crippen LogP contribution < -0.4 is 4.74 Å². The molecule has 6 nitrogen and oxygen atoms in total. The van der Waals surface area contributed by atoms with Gasteiger partial charge in [0.05, 0.1) is 11.3 Å². The van der Waals surface area contributed by atoms with Crippen LogP contribution in [0, 0.1) is 10.1 Å². The number of halogens is 3. The normalized spacial score (nSPS) is 10.5. The van der Waals surface area contributed by atoms with Crippen molar-refractivity contribution in [2.75, 3.05) is 0 Å². The highest BCUT2D eigenvalue weighted by molar-refractivity contribution is 9.08. The Morgan fingerprint density at radius 2 is 2.11 bits per heavy atom. The van der Waals surface area contributed by atoms with E-state index < -0.39 is 23.9 Å². The number of benzene rings is 1. The van der Waals surface area contributed by atoms with E-state index in [2.05, 4.69) is 20.7 Å². The van der Waals surface area contributed by atoms with E-state index in [1.807, 2.05) is 0 Å². The summed E-state index contributed by atoms with van der Waals surface area (Å²) in [5, 5.41) is 19.5. The van der Waals surface area contributed by atoms with Crippen molar-refractivity contribution in [1.29, 1.82) is 0 Å². The van der Waals surface area contributed by atoms with E-state index in [0.717, 1.165) is 12.1 Å². The van der Waals surface area contributed by atoms with Crippen LogP contribution in [0.2, 0.25) is 0 Å². The minimum Gasteiger partial charge on any atom is -0.481 e. The Labute approximate surface area is 114 Å². The molecule has 9 heteroatoms. The summed E-state index contributed by atoms with van der Waals surface area (Å²) in [6, 6.07) is 1.97. The molecule has 0 atom stereocenters. The zero-order valence-electron chi connectivity index (χ0n) is 9.31. The van der Waals surface area contributed by atoms with Gasteiger partial charge in [0.25, 0.3) is 5.69 Å². The number of alkyl halides is 3. The Morgan fingerprint density at radius 1 is 1.47 bits per heavy atom. The number of nitro groups is 1. The van der Waals surface area contributed by atoms with Gasteiger partial charge in [-0.15, -0.1) is 0 Å². The summed E-state index contributed by atoms with van der Waals surface area (Å²) >= 11 is 2.98. The quantitative estimate of drug-likeness (QED) is 0.489. The maximum Gasteiger partial charge on any atom is 0.387 e. The number of carboxylic acids is 1. The van der Waals surface area contributed by atoms with Crippen LogP contribution in [0.15, 0.2) is 12.1 Å². The van der Waals surface area contributed by atoms with Gasteiger partial charge in [-0.25, -0.2) is 0 Å². The Morgan fingerprint density at radius 3 is 2.53 bits per heavy atom. The molecule has 0 amide bonds. The van der Waals surface area contributed by atoms with Gasteiger partial charge in [0.15, 0.2) is 0 Å². The average molecular weight is 340 g/mol. The van der Waals surface area contributed by atoms with Gasteiger partial charge in [0, 0.05) is 22.5 Å². The first-order valence-corrected chi connectivity index (χ1v) is 6.00. The maximum atomic E-state index is 12.2. The van der Waals surface area contributed by atoms with Gasteiger partial charge in [-0.2, -0.15) is 8.78 Å². The summed E-state index contributed by atoms with van der Waals surface area (Å²) in [5.74, 6) is -1.68. The summed E-state index contributed by atoms with van der Waals surface area (Å²) in [6.45, 7) is -3.14. The molecule has 0 aliphatic carbocycles. The lowest BCUT2D eigenvalue weighted by atomic mass is 10.0. The first-order valence-electron chi connectivity index (χ1n) is 4.88. The van der Waals surface area contributed by atoms with Crippen molar-refractivity contribution in [3.8, 4) is 5.75 Å². The molecular weight excluding hydrogens is 332 g/mol. The van der Waals surface area contributed by atoms with E-state index in [9.17, 15) is 23.7 Å². The van der Waals surface area contributed by atoms with Gasteiger partial charge in [-0.3, -0.25) is 14.9 Å². The molecule has 0 saturated carbocycles. The van der Waals surface area contributed by atoms with Gasteiger partial charge in [-0.05, 0) is 6.07 Å². The van der Waals surface area contributed by atoms with Crippen molar-refractivity contribution in [3.05, 3.63) is 33.4 Å². The minimum atomic E-state index is -3.14. The van der Waals surface area contributed by atoms with Crippen LogP contribution in [0.5, 0.6) is 5.75 Å². The molecule has 0 aliphatic heterocycles. The Bertz CT molecular complexity index is 509. The lowest BCUT2D eigenvalue weighted by molar-refractivity contribution is -0.385. The molecule has 1 N–H and O–H groups in total. The molecule has 0 radical (unpaired) electrons. The smallest absolute Gasteiger partial charge is 0.387 e. The Kier molecular flexibility index (Phi) is 5.16. The predicted octanol–water partition coefficient (Wildman–Crippen LogP) is 2.72.